The van der Waals surface area contributed by atoms with E-state index in [4.69, 9.17) is 5.73 Å². The van der Waals surface area contributed by atoms with Crippen LogP contribution in [0.1, 0.15) is 18.4 Å². The Balaban J connectivity index is 2.17. The maximum absolute atomic E-state index is 13.4. The lowest BCUT2D eigenvalue weighted by Gasteiger charge is -2.12. The molecule has 19 heavy (non-hydrogen) atoms. The molecule has 0 radical (unpaired) electrons. The summed E-state index contributed by atoms with van der Waals surface area (Å²) in [6, 6.07) is 6.42. The largest absolute Gasteiger partial charge is 0.370 e. The van der Waals surface area contributed by atoms with Crippen molar-refractivity contribution in [2.75, 3.05) is 17.6 Å². The summed E-state index contributed by atoms with van der Waals surface area (Å²) in [5, 5.41) is 3.27. The molecule has 3 N–H and O–H groups in total. The van der Waals surface area contributed by atoms with E-state index in [-0.39, 0.29) is 11.8 Å². The van der Waals surface area contributed by atoms with Gasteiger partial charge in [-0.15, -0.1) is 0 Å². The SMILES string of the molecule is Nc1nc2c(c(-c3cccc(F)c3)n1)CCCCN2. The third-order valence-electron chi connectivity index (χ3n) is 3.27. The summed E-state index contributed by atoms with van der Waals surface area (Å²) in [7, 11) is 0. The van der Waals surface area contributed by atoms with Gasteiger partial charge in [0.2, 0.25) is 5.95 Å². The van der Waals surface area contributed by atoms with E-state index in [1.54, 1.807) is 6.07 Å². The lowest BCUT2D eigenvalue weighted by Crippen LogP contribution is -2.07. The Kier molecular flexibility index (Phi) is 3.03. The Morgan fingerprint density at radius 3 is 2.95 bits per heavy atom. The average Bonchev–Trinajstić information content (AvgIpc) is 2.63. The van der Waals surface area contributed by atoms with Gasteiger partial charge in [-0.3, -0.25) is 0 Å². The average molecular weight is 258 g/mol. The van der Waals surface area contributed by atoms with Gasteiger partial charge in [0.1, 0.15) is 11.6 Å². The zero-order valence-electron chi connectivity index (χ0n) is 10.5. The number of hydrogen-bond acceptors (Lipinski definition) is 4. The Hall–Kier alpha value is -2.17. The van der Waals surface area contributed by atoms with Crippen molar-refractivity contribution in [1.29, 1.82) is 0 Å². The molecular weight excluding hydrogens is 243 g/mol. The number of hydrogen-bond donors (Lipinski definition) is 2. The summed E-state index contributed by atoms with van der Waals surface area (Å²) in [5.41, 5.74) is 8.26. The Morgan fingerprint density at radius 1 is 1.21 bits per heavy atom. The fourth-order valence-electron chi connectivity index (χ4n) is 2.39. The van der Waals surface area contributed by atoms with Crippen molar-refractivity contribution >= 4 is 11.8 Å². The van der Waals surface area contributed by atoms with Crippen LogP contribution in [-0.2, 0) is 6.42 Å². The first-order chi connectivity index (χ1) is 9.24. The number of anilines is 2. The van der Waals surface area contributed by atoms with Gasteiger partial charge in [0.15, 0.2) is 0 Å². The van der Waals surface area contributed by atoms with Crippen LogP contribution in [0.2, 0.25) is 0 Å². The molecule has 98 valence electrons. The molecule has 0 saturated heterocycles. The van der Waals surface area contributed by atoms with Crippen LogP contribution in [0.5, 0.6) is 0 Å². The first kappa shape index (κ1) is 11.9. The monoisotopic (exact) mass is 258 g/mol. The Bertz CT molecular complexity index is 612. The molecule has 1 aliphatic rings. The third-order valence-corrected chi connectivity index (χ3v) is 3.27. The van der Waals surface area contributed by atoms with E-state index in [1.165, 1.54) is 12.1 Å². The van der Waals surface area contributed by atoms with Gasteiger partial charge in [-0.1, -0.05) is 12.1 Å². The predicted octanol–water partition coefficient (Wildman–Crippen LogP) is 2.61. The van der Waals surface area contributed by atoms with Crippen molar-refractivity contribution in [2.45, 2.75) is 19.3 Å². The van der Waals surface area contributed by atoms with E-state index in [1.807, 2.05) is 6.07 Å². The molecule has 0 saturated carbocycles. The molecule has 0 aliphatic carbocycles. The summed E-state index contributed by atoms with van der Waals surface area (Å²) >= 11 is 0. The number of nitrogen functional groups attached to an aromatic ring is 1. The van der Waals surface area contributed by atoms with Crippen LogP contribution in [0.4, 0.5) is 16.2 Å². The Morgan fingerprint density at radius 2 is 2.11 bits per heavy atom. The maximum atomic E-state index is 13.4. The normalized spacial score (nSPS) is 14.4. The number of nitrogens with two attached hydrogens (primary N) is 1. The van der Waals surface area contributed by atoms with E-state index in [2.05, 4.69) is 15.3 Å². The van der Waals surface area contributed by atoms with Gasteiger partial charge in [-0.2, -0.15) is 4.98 Å². The number of rotatable bonds is 1. The third kappa shape index (κ3) is 2.36. The lowest BCUT2D eigenvalue weighted by atomic mass is 10.0. The molecule has 0 atom stereocenters. The molecular formula is C14H15FN4. The van der Waals surface area contributed by atoms with E-state index >= 15 is 0 Å². The quantitative estimate of drug-likeness (QED) is 0.825. The van der Waals surface area contributed by atoms with Crippen LogP contribution in [0.25, 0.3) is 11.3 Å². The van der Waals surface area contributed by atoms with Crippen LogP contribution in [0.3, 0.4) is 0 Å². The number of nitrogens with one attached hydrogen (secondary N) is 1. The van der Waals surface area contributed by atoms with Gasteiger partial charge in [0, 0.05) is 17.7 Å². The van der Waals surface area contributed by atoms with Crippen molar-refractivity contribution in [2.24, 2.45) is 0 Å². The van der Waals surface area contributed by atoms with Crippen molar-refractivity contribution in [3.8, 4) is 11.3 Å². The van der Waals surface area contributed by atoms with Gasteiger partial charge in [0.25, 0.3) is 0 Å². The molecule has 0 amide bonds. The second-order valence-corrected chi connectivity index (χ2v) is 4.65. The number of fused-ring (bicyclic) bond motifs is 1. The molecule has 4 nitrogen and oxygen atoms in total. The van der Waals surface area contributed by atoms with Crippen LogP contribution in [0.15, 0.2) is 24.3 Å². The highest BCUT2D eigenvalue weighted by molar-refractivity contribution is 5.70. The molecule has 1 aliphatic heterocycles. The molecule has 5 heteroatoms. The predicted molar refractivity (Wildman–Crippen MR) is 73.3 cm³/mol. The van der Waals surface area contributed by atoms with Gasteiger partial charge in [-0.05, 0) is 31.4 Å². The minimum absolute atomic E-state index is 0.215. The highest BCUT2D eigenvalue weighted by Gasteiger charge is 2.17. The second-order valence-electron chi connectivity index (χ2n) is 4.65. The number of halogens is 1. The first-order valence-electron chi connectivity index (χ1n) is 6.40. The van der Waals surface area contributed by atoms with E-state index < -0.39 is 0 Å². The van der Waals surface area contributed by atoms with Crippen LogP contribution >= 0.6 is 0 Å². The van der Waals surface area contributed by atoms with Gasteiger partial charge in [0.05, 0.1) is 5.69 Å². The van der Waals surface area contributed by atoms with Gasteiger partial charge in [-0.25, -0.2) is 9.37 Å². The molecule has 0 fully saturated rings. The van der Waals surface area contributed by atoms with Crippen LogP contribution in [0, 0.1) is 5.82 Å². The summed E-state index contributed by atoms with van der Waals surface area (Å²) in [6.07, 6.45) is 3.03. The molecule has 2 heterocycles. The van der Waals surface area contributed by atoms with Gasteiger partial charge < -0.3 is 11.1 Å². The summed E-state index contributed by atoms with van der Waals surface area (Å²) < 4.78 is 13.4. The fraction of sp³-hybridized carbons (Fsp3) is 0.286. The maximum Gasteiger partial charge on any atom is 0.222 e. The summed E-state index contributed by atoms with van der Waals surface area (Å²) in [6.45, 7) is 0.881. The number of aromatic nitrogens is 2. The molecule has 0 spiro atoms. The van der Waals surface area contributed by atoms with Crippen LogP contribution in [-0.4, -0.2) is 16.5 Å². The molecule has 0 bridgehead atoms. The number of benzene rings is 1. The first-order valence-corrected chi connectivity index (χ1v) is 6.40. The smallest absolute Gasteiger partial charge is 0.222 e. The zero-order valence-corrected chi connectivity index (χ0v) is 10.5. The standard InChI is InChI=1S/C14H15FN4/c15-10-5-3-4-9(8-10)12-11-6-1-2-7-17-13(11)19-14(16)18-12/h3-5,8H,1-2,6-7H2,(H3,16,17,18,19). The van der Waals surface area contributed by atoms with Crippen molar-refractivity contribution in [1.82, 2.24) is 9.97 Å². The minimum atomic E-state index is -0.273. The summed E-state index contributed by atoms with van der Waals surface area (Å²) in [4.78, 5) is 8.54. The molecule has 0 unspecified atom stereocenters. The number of nitrogens with zero attached hydrogens (tertiary/aromatic N) is 2. The van der Waals surface area contributed by atoms with E-state index in [0.717, 1.165) is 48.4 Å². The van der Waals surface area contributed by atoms with Crippen LogP contribution < -0.4 is 11.1 Å². The van der Waals surface area contributed by atoms with Crippen molar-refractivity contribution in [3.05, 3.63) is 35.6 Å². The molecule has 1 aromatic carbocycles. The van der Waals surface area contributed by atoms with E-state index in [0.29, 0.717) is 0 Å². The molecule has 3 rings (SSSR count). The van der Waals surface area contributed by atoms with E-state index in [9.17, 15) is 4.39 Å². The fourth-order valence-corrected chi connectivity index (χ4v) is 2.39. The highest BCUT2D eigenvalue weighted by Crippen LogP contribution is 2.30. The lowest BCUT2D eigenvalue weighted by molar-refractivity contribution is 0.628. The van der Waals surface area contributed by atoms with Gasteiger partial charge >= 0.3 is 0 Å². The zero-order chi connectivity index (χ0) is 13.2. The second kappa shape index (κ2) is 4.84. The van der Waals surface area contributed by atoms with Crippen molar-refractivity contribution in [3.63, 3.8) is 0 Å². The minimum Gasteiger partial charge on any atom is -0.370 e. The summed E-state index contributed by atoms with van der Waals surface area (Å²) in [5.74, 6) is 0.724. The molecule has 1 aromatic heterocycles. The highest BCUT2D eigenvalue weighted by atomic mass is 19.1. The molecule has 2 aromatic rings. The van der Waals surface area contributed by atoms with Crippen molar-refractivity contribution < 1.29 is 4.39 Å². The topological polar surface area (TPSA) is 63.8 Å². The Labute approximate surface area is 110 Å².